The monoisotopic (exact) mass is 697 g/mol. The third-order valence-corrected chi connectivity index (χ3v) is 9.87. The molecule has 13 nitrogen and oxygen atoms in total. The first kappa shape index (κ1) is 41.4. The molecule has 2 fully saturated rings. The molecular formula is C36H59NO12. The van der Waals surface area contributed by atoms with Gasteiger partial charge in [-0.3, -0.25) is 4.79 Å². The number of ketones is 1. The SMILES string of the molecule is CCC1OC(=O)/C=C/[C@H](C)C(O[C@@H]2O[C@H](C)C[C@H](N(C)C)[C@H]2O)[C@@H](C)C[C@@H](C)C(=O)/C=C/C=C\[C@]1(O)CO[C@@H]1O[C@H](C)[C@@H](O)[C@@H](O)[C@H]1OC. The molecule has 280 valence electrons. The molecule has 3 rings (SSSR count). The number of hydrogen-bond acceptors (Lipinski definition) is 13. The van der Waals surface area contributed by atoms with E-state index in [9.17, 15) is 30.0 Å². The Morgan fingerprint density at radius 3 is 2.24 bits per heavy atom. The summed E-state index contributed by atoms with van der Waals surface area (Å²) in [6.07, 6.45) is 0.995. The topological polar surface area (TPSA) is 174 Å². The van der Waals surface area contributed by atoms with Crippen LogP contribution >= 0.6 is 0 Å². The van der Waals surface area contributed by atoms with Crippen LogP contribution in [0.5, 0.6) is 0 Å². The zero-order valence-corrected chi connectivity index (χ0v) is 30.4. The Bertz CT molecular complexity index is 1160. The number of hydrogen-bond donors (Lipinski definition) is 4. The maximum absolute atomic E-state index is 13.2. The fourth-order valence-corrected chi connectivity index (χ4v) is 6.84. The lowest BCUT2D eigenvalue weighted by Crippen LogP contribution is -2.59. The van der Waals surface area contributed by atoms with E-state index in [4.69, 9.17) is 28.4 Å². The van der Waals surface area contributed by atoms with Crippen molar-refractivity contribution in [1.29, 1.82) is 0 Å². The molecule has 0 aromatic carbocycles. The largest absolute Gasteiger partial charge is 0.456 e. The number of carbonyl (C=O) groups excluding carboxylic acids is 2. The molecule has 0 saturated carbocycles. The van der Waals surface area contributed by atoms with Crippen LogP contribution in [0.2, 0.25) is 0 Å². The number of cyclic esters (lactones) is 1. The van der Waals surface area contributed by atoms with Crippen LogP contribution < -0.4 is 0 Å². The molecule has 3 aliphatic rings. The van der Waals surface area contributed by atoms with Crippen molar-refractivity contribution >= 4 is 11.8 Å². The van der Waals surface area contributed by atoms with Gasteiger partial charge in [0.1, 0.15) is 36.1 Å². The van der Waals surface area contributed by atoms with Crippen LogP contribution in [0.4, 0.5) is 0 Å². The van der Waals surface area contributed by atoms with Crippen molar-refractivity contribution in [2.24, 2.45) is 17.8 Å². The summed E-state index contributed by atoms with van der Waals surface area (Å²) in [5.41, 5.74) is -1.89. The highest BCUT2D eigenvalue weighted by Crippen LogP contribution is 2.32. The zero-order chi connectivity index (χ0) is 36.6. The number of rotatable bonds is 8. The van der Waals surface area contributed by atoms with Crippen LogP contribution in [-0.4, -0.2) is 138 Å². The Hall–Kier alpha value is -2.04. The molecule has 0 aliphatic carbocycles. The molecular weight excluding hydrogens is 638 g/mol. The van der Waals surface area contributed by atoms with E-state index in [-0.39, 0.29) is 42.1 Å². The highest BCUT2D eigenvalue weighted by atomic mass is 16.7. The third kappa shape index (κ3) is 10.7. The number of carbonyl (C=O) groups is 2. The van der Waals surface area contributed by atoms with E-state index in [1.54, 1.807) is 19.9 Å². The van der Waals surface area contributed by atoms with Gasteiger partial charge in [-0.15, -0.1) is 0 Å². The van der Waals surface area contributed by atoms with Crippen molar-refractivity contribution < 1.29 is 58.4 Å². The van der Waals surface area contributed by atoms with Crippen LogP contribution in [0.1, 0.15) is 60.8 Å². The lowest BCUT2D eigenvalue weighted by molar-refractivity contribution is -0.306. The second-order valence-corrected chi connectivity index (χ2v) is 14.2. The van der Waals surface area contributed by atoms with Gasteiger partial charge in [-0.1, -0.05) is 45.9 Å². The van der Waals surface area contributed by atoms with Crippen LogP contribution in [0.25, 0.3) is 0 Å². The van der Waals surface area contributed by atoms with Crippen LogP contribution in [-0.2, 0) is 38.0 Å². The summed E-state index contributed by atoms with van der Waals surface area (Å²) in [4.78, 5) is 28.4. The molecule has 2 unspecified atom stereocenters. The van der Waals surface area contributed by atoms with Crippen molar-refractivity contribution in [3.63, 3.8) is 0 Å². The zero-order valence-electron chi connectivity index (χ0n) is 30.4. The molecule has 49 heavy (non-hydrogen) atoms. The van der Waals surface area contributed by atoms with Gasteiger partial charge in [0.2, 0.25) is 0 Å². The van der Waals surface area contributed by atoms with Crippen LogP contribution in [0.15, 0.2) is 36.5 Å². The van der Waals surface area contributed by atoms with Gasteiger partial charge in [-0.25, -0.2) is 4.79 Å². The quantitative estimate of drug-likeness (QED) is 0.271. The highest BCUT2D eigenvalue weighted by molar-refractivity contribution is 5.91. The standard InChI is InChI=1S/C36H59NO12/c1-10-27-36(43,19-45-35-33(44-9)31(42)29(40)24(6)47-35)16-12-11-13-26(38)21(3)17-22(4)32(20(2)14-15-28(39)48-27)49-34-30(41)25(37(7)8)18-23(5)46-34/h11-16,20-25,27,29-35,40-43H,10,17-19H2,1-9H3/b13-11+,15-14+,16-12-/t20-,21+,22-,23+,24+,25-,27?,29+,30+,31+,32?,33+,34-,35+,36-/m0/s1. The first-order valence-electron chi connectivity index (χ1n) is 17.3. The van der Waals surface area contributed by atoms with E-state index >= 15 is 0 Å². The van der Waals surface area contributed by atoms with Gasteiger partial charge in [0, 0.05) is 31.1 Å². The molecule has 3 heterocycles. The molecule has 3 aliphatic heterocycles. The summed E-state index contributed by atoms with van der Waals surface area (Å²) >= 11 is 0. The fraction of sp³-hybridized carbons (Fsp3) is 0.778. The predicted octanol–water partition coefficient (Wildman–Crippen LogP) is 1.90. The van der Waals surface area contributed by atoms with Crippen molar-refractivity contribution in [2.45, 2.75) is 134 Å². The Labute approximate surface area is 290 Å². The third-order valence-electron chi connectivity index (χ3n) is 9.87. The van der Waals surface area contributed by atoms with Crippen molar-refractivity contribution in [2.75, 3.05) is 27.8 Å². The number of ether oxygens (including phenoxy) is 6. The summed E-state index contributed by atoms with van der Waals surface area (Å²) in [6.45, 7) is 10.5. The van der Waals surface area contributed by atoms with E-state index in [0.29, 0.717) is 12.8 Å². The number of esters is 1. The van der Waals surface area contributed by atoms with E-state index in [0.717, 1.165) is 0 Å². The summed E-state index contributed by atoms with van der Waals surface area (Å²) in [7, 11) is 5.14. The highest BCUT2D eigenvalue weighted by Gasteiger charge is 2.46. The molecule has 0 radical (unpaired) electrons. The van der Waals surface area contributed by atoms with Crippen molar-refractivity contribution in [1.82, 2.24) is 4.90 Å². The van der Waals surface area contributed by atoms with Gasteiger partial charge < -0.3 is 53.7 Å². The number of likely N-dealkylation sites (N-methyl/N-ethyl adjacent to an activating group) is 1. The molecule has 15 atom stereocenters. The van der Waals surface area contributed by atoms with E-state index in [1.807, 2.05) is 46.7 Å². The maximum Gasteiger partial charge on any atom is 0.330 e. The summed E-state index contributed by atoms with van der Waals surface area (Å²) < 4.78 is 35.3. The van der Waals surface area contributed by atoms with Crippen LogP contribution in [0, 0.1) is 17.8 Å². The molecule has 13 heteroatoms. The Kier molecular flexibility index (Phi) is 15.6. The molecule has 0 spiro atoms. The van der Waals surface area contributed by atoms with E-state index < -0.39 is 73.5 Å². The summed E-state index contributed by atoms with van der Waals surface area (Å²) in [5, 5.41) is 43.8. The lowest BCUT2D eigenvalue weighted by atomic mass is 9.84. The predicted molar refractivity (Wildman–Crippen MR) is 180 cm³/mol. The Balaban J connectivity index is 1.89. The Morgan fingerprint density at radius 1 is 0.918 bits per heavy atom. The van der Waals surface area contributed by atoms with Gasteiger partial charge in [0.25, 0.3) is 0 Å². The number of methoxy groups -OCH3 is 1. The minimum atomic E-state index is -1.89. The second-order valence-electron chi connectivity index (χ2n) is 14.2. The normalized spacial score (nSPS) is 45.1. The number of aliphatic hydroxyl groups is 4. The molecule has 0 aromatic rings. The minimum Gasteiger partial charge on any atom is -0.456 e. The van der Waals surface area contributed by atoms with Crippen molar-refractivity contribution in [3.8, 4) is 0 Å². The average molecular weight is 698 g/mol. The first-order chi connectivity index (χ1) is 23.0. The number of aliphatic hydroxyl groups excluding tert-OH is 3. The van der Waals surface area contributed by atoms with Gasteiger partial charge in [-0.05, 0) is 65.3 Å². The van der Waals surface area contributed by atoms with Gasteiger partial charge in [0.15, 0.2) is 18.4 Å². The number of allylic oxidation sites excluding steroid dienone is 3. The minimum absolute atomic E-state index is 0.126. The molecule has 4 N–H and O–H groups in total. The first-order valence-corrected chi connectivity index (χ1v) is 17.3. The smallest absolute Gasteiger partial charge is 0.330 e. The molecule has 0 bridgehead atoms. The number of nitrogens with zero attached hydrogens (tertiary/aromatic N) is 1. The van der Waals surface area contributed by atoms with E-state index in [1.165, 1.54) is 37.5 Å². The maximum atomic E-state index is 13.2. The average Bonchev–Trinajstić information content (AvgIpc) is 3.05. The summed E-state index contributed by atoms with van der Waals surface area (Å²) in [6, 6.07) is -0.173. The molecule has 0 aromatic heterocycles. The van der Waals surface area contributed by atoms with Gasteiger partial charge in [0.05, 0.1) is 24.9 Å². The van der Waals surface area contributed by atoms with E-state index in [2.05, 4.69) is 0 Å². The molecule has 0 amide bonds. The Morgan fingerprint density at radius 2 is 1.61 bits per heavy atom. The van der Waals surface area contributed by atoms with Crippen molar-refractivity contribution in [3.05, 3.63) is 36.5 Å². The lowest BCUT2D eigenvalue weighted by Gasteiger charge is -2.43. The second kappa shape index (κ2) is 18.5. The van der Waals surface area contributed by atoms with Gasteiger partial charge >= 0.3 is 5.97 Å². The molecule has 2 saturated heterocycles. The van der Waals surface area contributed by atoms with Crippen LogP contribution in [0.3, 0.4) is 0 Å². The van der Waals surface area contributed by atoms with Gasteiger partial charge in [-0.2, -0.15) is 0 Å². The fourth-order valence-electron chi connectivity index (χ4n) is 6.84. The summed E-state index contributed by atoms with van der Waals surface area (Å²) in [5.74, 6) is -1.73.